The first-order valence-corrected chi connectivity index (χ1v) is 9.16. The molecule has 1 atom stereocenters. The Balaban J connectivity index is 1.59. The normalized spacial score (nSPS) is 22.4. The summed E-state index contributed by atoms with van der Waals surface area (Å²) in [5.74, 6) is 0.0772. The third kappa shape index (κ3) is 6.23. The number of hydrogen-bond donors (Lipinski definition) is 2. The first kappa shape index (κ1) is 17.7. The molecule has 0 aromatic heterocycles. The van der Waals surface area contributed by atoms with E-state index in [4.69, 9.17) is 4.74 Å². The fourth-order valence-electron chi connectivity index (χ4n) is 3.34. The number of nitrogens with one attached hydrogen (secondary N) is 2. The van der Waals surface area contributed by atoms with Crippen molar-refractivity contribution >= 4 is 5.91 Å². The first-order valence-electron chi connectivity index (χ1n) is 9.16. The summed E-state index contributed by atoms with van der Waals surface area (Å²) in [4.78, 5) is 14.7. The molecule has 5 nitrogen and oxygen atoms in total. The molecule has 1 aliphatic heterocycles. The summed E-state index contributed by atoms with van der Waals surface area (Å²) in [6, 6.07) is 0. The standard InChI is InChI=1S/C17H33N3O2/c1-2-16(22-15-7-4-3-5-8-15)17(21)19-9-6-12-20-13-10-18-11-14-20/h15-16,18H,2-14H2,1H3,(H,19,21). The zero-order chi connectivity index (χ0) is 15.6. The van der Waals surface area contributed by atoms with Gasteiger partial charge in [-0.2, -0.15) is 0 Å². The third-order valence-corrected chi connectivity index (χ3v) is 4.73. The number of carbonyl (C=O) groups is 1. The van der Waals surface area contributed by atoms with Crippen LogP contribution in [0.25, 0.3) is 0 Å². The molecule has 0 spiro atoms. The van der Waals surface area contributed by atoms with Crippen molar-refractivity contribution in [3.8, 4) is 0 Å². The zero-order valence-electron chi connectivity index (χ0n) is 14.1. The maximum Gasteiger partial charge on any atom is 0.249 e. The fraction of sp³-hybridized carbons (Fsp3) is 0.941. The summed E-state index contributed by atoms with van der Waals surface area (Å²) in [5.41, 5.74) is 0. The SMILES string of the molecule is CCC(OC1CCCCC1)C(=O)NCCCN1CCNCC1. The second-order valence-electron chi connectivity index (χ2n) is 6.53. The van der Waals surface area contributed by atoms with Crippen LogP contribution in [0, 0.1) is 0 Å². The number of amides is 1. The Morgan fingerprint density at radius 2 is 2.00 bits per heavy atom. The second-order valence-corrected chi connectivity index (χ2v) is 6.53. The molecule has 2 N–H and O–H groups in total. The minimum Gasteiger partial charge on any atom is -0.365 e. The summed E-state index contributed by atoms with van der Waals surface area (Å²) in [5, 5.41) is 6.41. The molecule has 0 bridgehead atoms. The monoisotopic (exact) mass is 311 g/mol. The summed E-state index contributed by atoms with van der Waals surface area (Å²) < 4.78 is 6.02. The van der Waals surface area contributed by atoms with Crippen molar-refractivity contribution < 1.29 is 9.53 Å². The van der Waals surface area contributed by atoms with E-state index >= 15 is 0 Å². The van der Waals surface area contributed by atoms with Crippen molar-refractivity contribution in [1.29, 1.82) is 0 Å². The fourth-order valence-corrected chi connectivity index (χ4v) is 3.34. The van der Waals surface area contributed by atoms with Gasteiger partial charge in [0, 0.05) is 32.7 Å². The Morgan fingerprint density at radius 1 is 1.27 bits per heavy atom. The molecule has 2 fully saturated rings. The molecule has 1 aliphatic carbocycles. The highest BCUT2D eigenvalue weighted by Crippen LogP contribution is 2.22. The summed E-state index contributed by atoms with van der Waals surface area (Å²) in [6.07, 6.45) is 7.86. The Hall–Kier alpha value is -0.650. The van der Waals surface area contributed by atoms with Crippen LogP contribution >= 0.6 is 0 Å². The minimum atomic E-state index is -0.262. The van der Waals surface area contributed by atoms with Crippen molar-refractivity contribution in [2.24, 2.45) is 0 Å². The Kier molecular flexibility index (Phi) is 8.20. The van der Waals surface area contributed by atoms with Crippen molar-refractivity contribution in [3.63, 3.8) is 0 Å². The summed E-state index contributed by atoms with van der Waals surface area (Å²) in [7, 11) is 0. The Bertz CT molecular complexity index is 313. The van der Waals surface area contributed by atoms with Crippen LogP contribution in [-0.4, -0.2) is 62.3 Å². The van der Waals surface area contributed by atoms with E-state index in [-0.39, 0.29) is 12.0 Å². The van der Waals surface area contributed by atoms with Crippen LogP contribution in [0.5, 0.6) is 0 Å². The average molecular weight is 311 g/mol. The Labute approximate surface area is 135 Å². The minimum absolute atomic E-state index is 0.0772. The predicted octanol–water partition coefficient (Wildman–Crippen LogP) is 1.53. The maximum atomic E-state index is 12.2. The van der Waals surface area contributed by atoms with Gasteiger partial charge in [-0.25, -0.2) is 0 Å². The molecule has 128 valence electrons. The van der Waals surface area contributed by atoms with Crippen LogP contribution < -0.4 is 10.6 Å². The number of hydrogen-bond acceptors (Lipinski definition) is 4. The highest BCUT2D eigenvalue weighted by atomic mass is 16.5. The smallest absolute Gasteiger partial charge is 0.249 e. The number of ether oxygens (including phenoxy) is 1. The van der Waals surface area contributed by atoms with Gasteiger partial charge >= 0.3 is 0 Å². The van der Waals surface area contributed by atoms with Gasteiger partial charge in [0.1, 0.15) is 6.10 Å². The third-order valence-electron chi connectivity index (χ3n) is 4.73. The molecule has 2 rings (SSSR count). The largest absolute Gasteiger partial charge is 0.365 e. The zero-order valence-corrected chi connectivity index (χ0v) is 14.1. The molecule has 0 aromatic carbocycles. The van der Waals surface area contributed by atoms with Crippen LogP contribution in [0.1, 0.15) is 51.9 Å². The van der Waals surface area contributed by atoms with E-state index in [0.717, 1.165) is 65.0 Å². The van der Waals surface area contributed by atoms with Crippen LogP contribution in [0.15, 0.2) is 0 Å². The number of nitrogens with zero attached hydrogens (tertiary/aromatic N) is 1. The molecule has 1 amide bonds. The van der Waals surface area contributed by atoms with Gasteiger partial charge in [-0.1, -0.05) is 26.2 Å². The van der Waals surface area contributed by atoms with Crippen LogP contribution in [0.4, 0.5) is 0 Å². The maximum absolute atomic E-state index is 12.2. The van der Waals surface area contributed by atoms with Crippen LogP contribution in [0.3, 0.4) is 0 Å². The molecule has 1 unspecified atom stereocenters. The molecule has 2 aliphatic rings. The molecular weight excluding hydrogens is 278 g/mol. The van der Waals surface area contributed by atoms with Gasteiger partial charge < -0.3 is 20.3 Å². The summed E-state index contributed by atoms with van der Waals surface area (Å²) >= 11 is 0. The van der Waals surface area contributed by atoms with E-state index in [9.17, 15) is 4.79 Å². The van der Waals surface area contributed by atoms with Crippen LogP contribution in [-0.2, 0) is 9.53 Å². The van der Waals surface area contributed by atoms with E-state index < -0.39 is 0 Å². The molecule has 5 heteroatoms. The highest BCUT2D eigenvalue weighted by Gasteiger charge is 2.23. The van der Waals surface area contributed by atoms with Crippen molar-refractivity contribution in [2.75, 3.05) is 39.3 Å². The van der Waals surface area contributed by atoms with Gasteiger partial charge in [0.05, 0.1) is 6.10 Å². The number of rotatable bonds is 8. The van der Waals surface area contributed by atoms with Gasteiger partial charge in [-0.15, -0.1) is 0 Å². The van der Waals surface area contributed by atoms with E-state index in [0.29, 0.717) is 6.10 Å². The lowest BCUT2D eigenvalue weighted by Gasteiger charge is -2.28. The topological polar surface area (TPSA) is 53.6 Å². The van der Waals surface area contributed by atoms with E-state index in [1.165, 1.54) is 19.3 Å². The molecule has 1 saturated carbocycles. The second kappa shape index (κ2) is 10.2. The number of carbonyl (C=O) groups excluding carboxylic acids is 1. The molecule has 0 aromatic rings. The van der Waals surface area contributed by atoms with Crippen molar-refractivity contribution in [3.05, 3.63) is 0 Å². The molecule has 1 heterocycles. The highest BCUT2D eigenvalue weighted by molar-refractivity contribution is 5.80. The molecule has 0 radical (unpaired) electrons. The van der Waals surface area contributed by atoms with E-state index in [2.05, 4.69) is 15.5 Å². The first-order chi connectivity index (χ1) is 10.8. The van der Waals surface area contributed by atoms with Crippen molar-refractivity contribution in [1.82, 2.24) is 15.5 Å². The van der Waals surface area contributed by atoms with E-state index in [1.54, 1.807) is 0 Å². The quantitative estimate of drug-likeness (QED) is 0.668. The van der Waals surface area contributed by atoms with Gasteiger partial charge in [0.15, 0.2) is 0 Å². The van der Waals surface area contributed by atoms with Gasteiger partial charge in [0.25, 0.3) is 0 Å². The lowest BCUT2D eigenvalue weighted by atomic mass is 9.97. The lowest BCUT2D eigenvalue weighted by Crippen LogP contribution is -2.44. The van der Waals surface area contributed by atoms with Gasteiger partial charge in [0.2, 0.25) is 5.91 Å². The molecule has 1 saturated heterocycles. The number of piperazine rings is 1. The summed E-state index contributed by atoms with van der Waals surface area (Å²) in [6.45, 7) is 8.27. The van der Waals surface area contributed by atoms with Gasteiger partial charge in [-0.05, 0) is 32.2 Å². The molecule has 22 heavy (non-hydrogen) atoms. The Morgan fingerprint density at radius 3 is 2.68 bits per heavy atom. The van der Waals surface area contributed by atoms with Gasteiger partial charge in [-0.3, -0.25) is 4.79 Å². The average Bonchev–Trinajstić information content (AvgIpc) is 2.58. The lowest BCUT2D eigenvalue weighted by molar-refractivity contribution is -0.138. The predicted molar refractivity (Wildman–Crippen MR) is 89.0 cm³/mol. The van der Waals surface area contributed by atoms with Crippen molar-refractivity contribution in [2.45, 2.75) is 64.1 Å². The molecular formula is C17H33N3O2. The van der Waals surface area contributed by atoms with E-state index in [1.807, 2.05) is 6.92 Å². The van der Waals surface area contributed by atoms with Crippen LogP contribution in [0.2, 0.25) is 0 Å².